The van der Waals surface area contributed by atoms with E-state index < -0.39 is 11.5 Å². The van der Waals surface area contributed by atoms with Crippen LogP contribution < -0.4 is 15.7 Å². The first-order valence-corrected chi connectivity index (χ1v) is 10.7. The van der Waals surface area contributed by atoms with Gasteiger partial charge in [-0.3, -0.25) is 4.79 Å². The molecule has 9 heteroatoms. The van der Waals surface area contributed by atoms with Gasteiger partial charge in [0.05, 0.1) is 29.5 Å². The van der Waals surface area contributed by atoms with Gasteiger partial charge in [0.15, 0.2) is 5.58 Å². The zero-order valence-corrected chi connectivity index (χ0v) is 19.4. The van der Waals surface area contributed by atoms with Crippen molar-refractivity contribution in [2.75, 3.05) is 7.11 Å². The molecule has 4 aromatic rings. The third-order valence-corrected chi connectivity index (χ3v) is 5.58. The molecule has 2 heterocycles. The highest BCUT2D eigenvalue weighted by atomic mass is 79.9. The van der Waals surface area contributed by atoms with Gasteiger partial charge in [0.2, 0.25) is 0 Å². The molecule has 31 heavy (non-hydrogen) atoms. The molecule has 0 unspecified atom stereocenters. The molecule has 1 amide bonds. The van der Waals surface area contributed by atoms with Crippen molar-refractivity contribution in [2.45, 2.75) is 6.54 Å². The monoisotopic (exact) mass is 543 g/mol. The first kappa shape index (κ1) is 21.2. The van der Waals surface area contributed by atoms with Crippen molar-refractivity contribution in [1.82, 2.24) is 15.3 Å². The topological polar surface area (TPSA) is 94.3 Å². The molecule has 2 aromatic carbocycles. The predicted octanol–water partition coefficient (Wildman–Crippen LogP) is 4.71. The van der Waals surface area contributed by atoms with E-state index in [9.17, 15) is 9.59 Å². The maximum absolute atomic E-state index is 12.6. The standard InChI is InChI=1S/C22H15Br2N3O4/c1-30-16-4-2-12(3-5-16)19-9-15(26-11-27-19)10-25-21(28)17-7-13-6-14(23)8-18(24)20(13)31-22(17)29/h2-9,11H,10H2,1H3,(H,25,28). The molecule has 0 spiro atoms. The van der Waals surface area contributed by atoms with Crippen molar-refractivity contribution < 1.29 is 13.9 Å². The average Bonchev–Trinajstić information content (AvgIpc) is 2.78. The van der Waals surface area contributed by atoms with Crippen LogP contribution in [0.3, 0.4) is 0 Å². The minimum atomic E-state index is -0.713. The third kappa shape index (κ3) is 4.67. The number of hydrogen-bond donors (Lipinski definition) is 1. The van der Waals surface area contributed by atoms with Gasteiger partial charge in [-0.15, -0.1) is 0 Å². The summed E-state index contributed by atoms with van der Waals surface area (Å²) in [5, 5.41) is 3.33. The van der Waals surface area contributed by atoms with E-state index in [1.54, 1.807) is 25.3 Å². The van der Waals surface area contributed by atoms with E-state index in [2.05, 4.69) is 47.1 Å². The summed E-state index contributed by atoms with van der Waals surface area (Å²) in [5.41, 5.74) is 1.79. The second-order valence-corrected chi connectivity index (χ2v) is 8.33. The van der Waals surface area contributed by atoms with E-state index >= 15 is 0 Å². The summed E-state index contributed by atoms with van der Waals surface area (Å²) in [6, 6.07) is 14.3. The van der Waals surface area contributed by atoms with Gasteiger partial charge in [-0.2, -0.15) is 0 Å². The fourth-order valence-electron chi connectivity index (χ4n) is 3.00. The fourth-order valence-corrected chi connectivity index (χ4v) is 4.33. The Balaban J connectivity index is 1.53. The molecular weight excluding hydrogens is 530 g/mol. The summed E-state index contributed by atoms with van der Waals surface area (Å²) in [4.78, 5) is 33.4. The van der Waals surface area contributed by atoms with Crippen molar-refractivity contribution in [3.05, 3.63) is 85.5 Å². The van der Waals surface area contributed by atoms with Crippen LogP contribution in [0.25, 0.3) is 22.2 Å². The number of carbonyl (C=O) groups is 1. The molecule has 4 rings (SSSR count). The molecular formula is C22H15Br2N3O4. The highest BCUT2D eigenvalue weighted by Gasteiger charge is 2.15. The summed E-state index contributed by atoms with van der Waals surface area (Å²) < 4.78 is 11.9. The van der Waals surface area contributed by atoms with Gasteiger partial charge in [0.1, 0.15) is 17.6 Å². The first-order chi connectivity index (χ1) is 14.9. The number of carbonyl (C=O) groups excluding carboxylic acids is 1. The van der Waals surface area contributed by atoms with Crippen LogP contribution in [0.4, 0.5) is 0 Å². The summed E-state index contributed by atoms with van der Waals surface area (Å²) >= 11 is 6.74. The largest absolute Gasteiger partial charge is 0.497 e. The molecule has 0 aliphatic carbocycles. The van der Waals surface area contributed by atoms with Crippen LogP contribution in [0.15, 0.2) is 73.0 Å². The number of benzene rings is 2. The van der Waals surface area contributed by atoms with E-state index in [-0.39, 0.29) is 12.1 Å². The average molecular weight is 545 g/mol. The number of hydrogen-bond acceptors (Lipinski definition) is 6. The lowest BCUT2D eigenvalue weighted by Gasteiger charge is -2.07. The molecule has 2 aromatic heterocycles. The van der Waals surface area contributed by atoms with Crippen molar-refractivity contribution in [2.24, 2.45) is 0 Å². The molecule has 0 fully saturated rings. The Morgan fingerprint density at radius 3 is 2.61 bits per heavy atom. The molecule has 0 aliphatic heterocycles. The molecule has 0 bridgehead atoms. The Bertz CT molecular complexity index is 1340. The quantitative estimate of drug-likeness (QED) is 0.365. The Hall–Kier alpha value is -3.04. The van der Waals surface area contributed by atoms with Gasteiger partial charge in [-0.05, 0) is 64.5 Å². The van der Waals surface area contributed by atoms with Crippen molar-refractivity contribution in [3.8, 4) is 17.0 Å². The Morgan fingerprint density at radius 1 is 1.10 bits per heavy atom. The Morgan fingerprint density at radius 2 is 1.87 bits per heavy atom. The van der Waals surface area contributed by atoms with E-state index in [0.29, 0.717) is 26.8 Å². The van der Waals surface area contributed by atoms with Crippen LogP contribution in [0, 0.1) is 0 Å². The smallest absolute Gasteiger partial charge is 0.349 e. The SMILES string of the molecule is COc1ccc(-c2cc(CNC(=O)c3cc4cc(Br)cc(Br)c4oc3=O)ncn2)cc1. The zero-order valence-electron chi connectivity index (χ0n) is 16.2. The summed E-state index contributed by atoms with van der Waals surface area (Å²) in [7, 11) is 1.61. The number of methoxy groups -OCH3 is 1. The molecule has 1 N–H and O–H groups in total. The maximum atomic E-state index is 12.6. The molecule has 0 saturated carbocycles. The molecule has 0 aliphatic rings. The van der Waals surface area contributed by atoms with Gasteiger partial charge in [0.25, 0.3) is 5.91 Å². The highest BCUT2D eigenvalue weighted by Crippen LogP contribution is 2.28. The number of fused-ring (bicyclic) bond motifs is 1. The van der Waals surface area contributed by atoms with Crippen molar-refractivity contribution >= 4 is 48.7 Å². The van der Waals surface area contributed by atoms with E-state index in [0.717, 1.165) is 15.8 Å². The lowest BCUT2D eigenvalue weighted by molar-refractivity contribution is 0.0947. The van der Waals surface area contributed by atoms with E-state index in [1.807, 2.05) is 24.3 Å². The van der Waals surface area contributed by atoms with Crippen LogP contribution >= 0.6 is 31.9 Å². The number of halogens is 2. The molecule has 0 radical (unpaired) electrons. The van der Waals surface area contributed by atoms with Gasteiger partial charge in [-0.1, -0.05) is 15.9 Å². The van der Waals surface area contributed by atoms with Crippen molar-refractivity contribution in [1.29, 1.82) is 0 Å². The van der Waals surface area contributed by atoms with E-state index in [4.69, 9.17) is 9.15 Å². The number of nitrogens with zero attached hydrogens (tertiary/aromatic N) is 2. The summed E-state index contributed by atoms with van der Waals surface area (Å²) in [6.45, 7) is 0.129. The summed E-state index contributed by atoms with van der Waals surface area (Å²) in [6.07, 6.45) is 1.43. The maximum Gasteiger partial charge on any atom is 0.349 e. The third-order valence-electron chi connectivity index (χ3n) is 4.54. The molecule has 0 saturated heterocycles. The highest BCUT2D eigenvalue weighted by molar-refractivity contribution is 9.11. The number of rotatable bonds is 5. The van der Waals surface area contributed by atoms with E-state index in [1.165, 1.54) is 12.4 Å². The lowest BCUT2D eigenvalue weighted by Crippen LogP contribution is -2.28. The second kappa shape index (κ2) is 8.99. The molecule has 0 atom stereocenters. The molecule has 156 valence electrons. The second-order valence-electron chi connectivity index (χ2n) is 6.56. The minimum Gasteiger partial charge on any atom is -0.497 e. The molecule has 7 nitrogen and oxygen atoms in total. The van der Waals surface area contributed by atoms with Gasteiger partial charge < -0.3 is 14.5 Å². The number of aromatic nitrogens is 2. The minimum absolute atomic E-state index is 0.0815. The Labute approximate surface area is 193 Å². The summed E-state index contributed by atoms with van der Waals surface area (Å²) in [5.74, 6) is 0.204. The van der Waals surface area contributed by atoms with Crippen LogP contribution in [0.2, 0.25) is 0 Å². The first-order valence-electron chi connectivity index (χ1n) is 9.11. The lowest BCUT2D eigenvalue weighted by atomic mass is 10.1. The van der Waals surface area contributed by atoms with Crippen LogP contribution in [-0.2, 0) is 6.54 Å². The van der Waals surface area contributed by atoms with Crippen LogP contribution in [-0.4, -0.2) is 23.0 Å². The predicted molar refractivity (Wildman–Crippen MR) is 123 cm³/mol. The van der Waals surface area contributed by atoms with Gasteiger partial charge >= 0.3 is 5.63 Å². The number of ether oxygens (including phenoxy) is 1. The number of nitrogens with one attached hydrogen (secondary N) is 1. The van der Waals surface area contributed by atoms with Crippen molar-refractivity contribution in [3.63, 3.8) is 0 Å². The van der Waals surface area contributed by atoms with Gasteiger partial charge in [0, 0.05) is 15.4 Å². The van der Waals surface area contributed by atoms with Crippen LogP contribution in [0.1, 0.15) is 16.1 Å². The zero-order chi connectivity index (χ0) is 22.0. The fraction of sp³-hybridized carbons (Fsp3) is 0.0909. The normalized spacial score (nSPS) is 10.8. The van der Waals surface area contributed by atoms with Gasteiger partial charge in [-0.25, -0.2) is 14.8 Å². The van der Waals surface area contributed by atoms with Crippen LogP contribution in [0.5, 0.6) is 5.75 Å². The number of amides is 1. The Kier molecular flexibility index (Phi) is 6.15.